The first-order chi connectivity index (χ1) is 29.8. The summed E-state index contributed by atoms with van der Waals surface area (Å²) >= 11 is 0. The number of hydrogen-bond acceptors (Lipinski definition) is 9. The molecule has 0 spiro atoms. The van der Waals surface area contributed by atoms with E-state index < -0.39 is 5.97 Å². The number of aromatic carboxylic acids is 1. The fourth-order valence-electron chi connectivity index (χ4n) is 8.50. The Hall–Kier alpha value is -5.98. The lowest BCUT2D eigenvalue weighted by atomic mass is 10.0. The Morgan fingerprint density at radius 1 is 0.557 bits per heavy atom. The minimum absolute atomic E-state index is 0.289. The van der Waals surface area contributed by atoms with Crippen LogP contribution in [0.5, 0.6) is 11.5 Å². The molecule has 4 heterocycles. The number of anilines is 2. The van der Waals surface area contributed by atoms with Crippen molar-refractivity contribution in [2.45, 2.75) is 38.5 Å². The summed E-state index contributed by atoms with van der Waals surface area (Å²) < 4.78 is 15.3. The number of carboxylic acid groups (broad SMARTS) is 1. The number of methoxy groups -OCH3 is 3. The fraction of sp³-hybridized carbons (Fsp3) is 0.388. The lowest BCUT2D eigenvalue weighted by Gasteiger charge is -2.36. The molecule has 2 fully saturated rings. The maximum absolute atomic E-state index is 11.8. The molecule has 2 aromatic heterocycles. The van der Waals surface area contributed by atoms with Crippen LogP contribution in [0.3, 0.4) is 0 Å². The number of piperazine rings is 2. The quantitative estimate of drug-likeness (QED) is 0.0651. The van der Waals surface area contributed by atoms with E-state index in [-0.39, 0.29) is 5.97 Å². The van der Waals surface area contributed by atoms with Crippen molar-refractivity contribution >= 4 is 45.1 Å². The average Bonchev–Trinajstić information content (AvgIpc) is 3.92. The van der Waals surface area contributed by atoms with Crippen LogP contribution in [0, 0.1) is 0 Å². The van der Waals surface area contributed by atoms with E-state index in [4.69, 9.17) is 14.2 Å². The number of fused-ring (bicyclic) bond motifs is 2. The summed E-state index contributed by atoms with van der Waals surface area (Å²) in [6.45, 7) is 10.8. The lowest BCUT2D eigenvalue weighted by molar-refractivity contribution is 0.0600. The second-order valence-electron chi connectivity index (χ2n) is 15.9. The number of nitrogens with one attached hydrogen (secondary N) is 2. The minimum Gasteiger partial charge on any atom is -0.497 e. The Morgan fingerprint density at radius 2 is 0.984 bits per heavy atom. The van der Waals surface area contributed by atoms with Crippen LogP contribution >= 0.6 is 0 Å². The number of hydrogen-bond donors (Lipinski definition) is 3. The molecule has 0 atom stereocenters. The van der Waals surface area contributed by atoms with Crippen LogP contribution in [-0.2, 0) is 17.6 Å². The van der Waals surface area contributed by atoms with Crippen molar-refractivity contribution in [1.82, 2.24) is 19.8 Å². The number of aromatic nitrogens is 2. The van der Waals surface area contributed by atoms with Crippen LogP contribution in [0.2, 0.25) is 0 Å². The first kappa shape index (κ1) is 43.1. The minimum atomic E-state index is -0.877. The second-order valence-corrected chi connectivity index (χ2v) is 15.9. The second kappa shape index (κ2) is 21.0. The number of carbonyl (C=O) groups is 2. The largest absolute Gasteiger partial charge is 0.497 e. The number of rotatable bonds is 16. The van der Waals surface area contributed by atoms with Crippen LogP contribution in [0.15, 0.2) is 97.3 Å². The molecule has 0 bridgehead atoms. The van der Waals surface area contributed by atoms with Crippen molar-refractivity contribution in [2.75, 3.05) is 96.6 Å². The van der Waals surface area contributed by atoms with Crippen LogP contribution in [-0.4, -0.2) is 124 Å². The molecule has 322 valence electrons. The zero-order chi connectivity index (χ0) is 42.6. The van der Waals surface area contributed by atoms with Gasteiger partial charge in [-0.05, 0) is 148 Å². The van der Waals surface area contributed by atoms with Crippen molar-refractivity contribution < 1.29 is 28.9 Å². The topological polar surface area (TPSA) is 127 Å². The normalized spacial score (nSPS) is 14.8. The summed E-state index contributed by atoms with van der Waals surface area (Å²) in [5.41, 5.74) is 8.02. The molecule has 61 heavy (non-hydrogen) atoms. The molecule has 3 N–H and O–H groups in total. The van der Waals surface area contributed by atoms with Gasteiger partial charge in [-0.1, -0.05) is 0 Å². The van der Waals surface area contributed by atoms with Gasteiger partial charge in [0, 0.05) is 97.9 Å². The highest BCUT2D eigenvalue weighted by Gasteiger charge is 2.19. The number of ether oxygens (including phenoxy) is 3. The van der Waals surface area contributed by atoms with Gasteiger partial charge in [-0.2, -0.15) is 0 Å². The molecule has 12 nitrogen and oxygen atoms in total. The third-order valence-corrected chi connectivity index (χ3v) is 12.2. The Balaban J connectivity index is 0.000000184. The molecule has 0 amide bonds. The summed E-state index contributed by atoms with van der Waals surface area (Å²) in [6.07, 6.45) is 10.6. The lowest BCUT2D eigenvalue weighted by Crippen LogP contribution is -2.46. The van der Waals surface area contributed by atoms with E-state index in [1.807, 2.05) is 48.7 Å². The van der Waals surface area contributed by atoms with Gasteiger partial charge in [-0.15, -0.1) is 0 Å². The number of aryl methyl sites for hydroxylation is 2. The molecule has 0 saturated carbocycles. The highest BCUT2D eigenvalue weighted by molar-refractivity contribution is 5.96. The number of H-pyrrole nitrogens is 2. The van der Waals surface area contributed by atoms with Crippen LogP contribution in [0.1, 0.15) is 57.5 Å². The molecule has 2 aliphatic rings. The van der Waals surface area contributed by atoms with E-state index in [0.29, 0.717) is 11.1 Å². The number of carboxylic acids is 1. The number of nitrogens with zero attached hydrogens (tertiary/aromatic N) is 4. The molecule has 4 aromatic carbocycles. The van der Waals surface area contributed by atoms with Crippen LogP contribution in [0.4, 0.5) is 11.4 Å². The third-order valence-electron chi connectivity index (χ3n) is 12.2. The number of carbonyl (C=O) groups excluding carboxylic acids is 1. The Morgan fingerprint density at radius 3 is 1.39 bits per heavy atom. The highest BCUT2D eigenvalue weighted by atomic mass is 16.5. The summed E-state index contributed by atoms with van der Waals surface area (Å²) in [5.74, 6) is 0.631. The van der Waals surface area contributed by atoms with Gasteiger partial charge in [0.1, 0.15) is 11.5 Å². The Bertz CT molecular complexity index is 2320. The van der Waals surface area contributed by atoms with Gasteiger partial charge >= 0.3 is 11.9 Å². The maximum atomic E-state index is 11.8. The average molecular weight is 829 g/mol. The van der Waals surface area contributed by atoms with E-state index in [1.165, 1.54) is 36.0 Å². The standard InChI is InChI=1S/C25H31N3O3.C24H29N3O3/c1-30-22-9-7-21(8-10-22)28-15-13-27(14-16-28)12-4-3-5-20-18-26-24-11-6-19(17-23(20)24)25(29)31-2;1-30-21-8-6-20(7-9-21)27-14-12-26(13-15-27)11-3-2-4-19-17-25-23-10-5-18(24(28)29)16-22(19)23/h6-11,17-18,26H,3-5,12-16H2,1-2H3;5-10,16-17,25H,2-4,11-15H2,1H3,(H,28,29). The van der Waals surface area contributed by atoms with Gasteiger partial charge < -0.3 is 39.1 Å². The van der Waals surface area contributed by atoms with E-state index in [1.54, 1.807) is 32.4 Å². The molecule has 0 aliphatic carbocycles. The predicted molar refractivity (Wildman–Crippen MR) is 244 cm³/mol. The van der Waals surface area contributed by atoms with Gasteiger partial charge in [0.05, 0.1) is 32.5 Å². The predicted octanol–water partition coefficient (Wildman–Crippen LogP) is 8.13. The summed E-state index contributed by atoms with van der Waals surface area (Å²) in [7, 11) is 4.81. The number of aromatic amines is 2. The SMILES string of the molecule is COC(=O)c1ccc2[nH]cc(CCCCN3CCN(c4ccc(OC)cc4)CC3)c2c1.COc1ccc(N2CCN(CCCCc3c[nH]c4ccc(C(=O)O)cc34)CC2)cc1. The summed E-state index contributed by atoms with van der Waals surface area (Å²) in [4.78, 5) is 39.6. The maximum Gasteiger partial charge on any atom is 0.337 e. The van der Waals surface area contributed by atoms with Crippen molar-refractivity contribution in [3.63, 3.8) is 0 Å². The van der Waals surface area contributed by atoms with Crippen LogP contribution in [0.25, 0.3) is 21.8 Å². The summed E-state index contributed by atoms with van der Waals surface area (Å²) in [6, 6.07) is 27.6. The number of esters is 1. The monoisotopic (exact) mass is 828 g/mol. The third kappa shape index (κ3) is 11.2. The molecule has 8 rings (SSSR count). The first-order valence-corrected chi connectivity index (χ1v) is 21.6. The first-order valence-electron chi connectivity index (χ1n) is 21.6. The van der Waals surface area contributed by atoms with E-state index in [2.05, 4.69) is 60.0 Å². The molecular weight excluding hydrogens is 769 g/mol. The number of unbranched alkanes of at least 4 members (excludes halogenated alkanes) is 2. The van der Waals surface area contributed by atoms with Crippen molar-refractivity contribution in [3.8, 4) is 11.5 Å². The summed E-state index contributed by atoms with van der Waals surface area (Å²) in [5, 5.41) is 11.4. The van der Waals surface area contributed by atoms with Gasteiger partial charge in [-0.3, -0.25) is 9.80 Å². The molecule has 0 radical (unpaired) electrons. The van der Waals surface area contributed by atoms with Crippen molar-refractivity contribution in [2.24, 2.45) is 0 Å². The Kier molecular flexibility index (Phi) is 14.9. The molecule has 0 unspecified atom stereocenters. The van der Waals surface area contributed by atoms with E-state index in [0.717, 1.165) is 131 Å². The van der Waals surface area contributed by atoms with E-state index >= 15 is 0 Å². The zero-order valence-electron chi connectivity index (χ0n) is 35.8. The zero-order valence-corrected chi connectivity index (χ0v) is 35.8. The molecular formula is C49H60N6O6. The Labute approximate surface area is 359 Å². The van der Waals surface area contributed by atoms with Gasteiger partial charge in [0.25, 0.3) is 0 Å². The molecule has 12 heteroatoms. The van der Waals surface area contributed by atoms with Crippen molar-refractivity contribution in [1.29, 1.82) is 0 Å². The van der Waals surface area contributed by atoms with Gasteiger partial charge in [0.15, 0.2) is 0 Å². The van der Waals surface area contributed by atoms with Crippen molar-refractivity contribution in [3.05, 3.63) is 120 Å². The highest BCUT2D eigenvalue weighted by Crippen LogP contribution is 2.25. The van der Waals surface area contributed by atoms with Gasteiger partial charge in [0.2, 0.25) is 0 Å². The molecule has 2 saturated heterocycles. The van der Waals surface area contributed by atoms with Crippen LogP contribution < -0.4 is 19.3 Å². The smallest absolute Gasteiger partial charge is 0.337 e. The van der Waals surface area contributed by atoms with E-state index in [9.17, 15) is 14.7 Å². The van der Waals surface area contributed by atoms with Gasteiger partial charge in [-0.25, -0.2) is 9.59 Å². The molecule has 2 aliphatic heterocycles. The number of benzene rings is 4. The molecule has 6 aromatic rings. The fourth-order valence-corrected chi connectivity index (χ4v) is 8.50.